The molecule has 0 bridgehead atoms. The number of rotatable bonds is 7. The molecule has 1 heterocycles. The van der Waals surface area contributed by atoms with E-state index in [1.807, 2.05) is 0 Å². The predicted molar refractivity (Wildman–Crippen MR) is 105 cm³/mol. The third-order valence-electron chi connectivity index (χ3n) is 4.54. The van der Waals surface area contributed by atoms with Crippen molar-refractivity contribution in [1.29, 1.82) is 0 Å². The van der Waals surface area contributed by atoms with Crippen LogP contribution in [0.5, 0.6) is 28.7 Å². The molecule has 3 rings (SSSR count). The maximum Gasteiger partial charge on any atom is 0.374 e. The van der Waals surface area contributed by atoms with Crippen LogP contribution < -0.4 is 18.9 Å². The van der Waals surface area contributed by atoms with Crippen LogP contribution in [0, 0.1) is 0 Å². The van der Waals surface area contributed by atoms with E-state index in [9.17, 15) is 14.7 Å². The SMILES string of the molecule is COC(=O)c1oc2c(O)c(OC)ccc2c1C(=O)c1cc(OC)c(OC)c(OC)c1. The molecule has 0 unspecified atom stereocenters. The molecular weight excluding hydrogens is 396 g/mol. The van der Waals surface area contributed by atoms with Gasteiger partial charge >= 0.3 is 5.97 Å². The topological polar surface area (TPSA) is 114 Å². The number of aromatic hydroxyl groups is 1. The predicted octanol–water partition coefficient (Wildman–Crippen LogP) is 3.19. The van der Waals surface area contributed by atoms with E-state index in [1.54, 1.807) is 0 Å². The number of ether oxygens (including phenoxy) is 5. The summed E-state index contributed by atoms with van der Waals surface area (Å²) in [6.07, 6.45) is 0. The van der Waals surface area contributed by atoms with Gasteiger partial charge in [-0.25, -0.2) is 4.79 Å². The minimum Gasteiger partial charge on any atom is -0.502 e. The van der Waals surface area contributed by atoms with Gasteiger partial charge in [-0.15, -0.1) is 0 Å². The van der Waals surface area contributed by atoms with E-state index in [0.717, 1.165) is 7.11 Å². The first-order valence-electron chi connectivity index (χ1n) is 8.67. The minimum absolute atomic E-state index is 0.0782. The molecule has 0 spiro atoms. The molecule has 0 radical (unpaired) electrons. The first kappa shape index (κ1) is 20.8. The molecule has 0 amide bonds. The molecule has 2 aromatic carbocycles. The number of hydrogen-bond donors (Lipinski definition) is 1. The Kier molecular flexibility index (Phi) is 5.72. The first-order valence-corrected chi connectivity index (χ1v) is 8.67. The Morgan fingerprint density at radius 3 is 1.97 bits per heavy atom. The maximum atomic E-state index is 13.4. The molecule has 0 atom stereocenters. The van der Waals surface area contributed by atoms with Gasteiger partial charge in [0.05, 0.1) is 41.1 Å². The fraction of sp³-hybridized carbons (Fsp3) is 0.238. The molecule has 30 heavy (non-hydrogen) atoms. The van der Waals surface area contributed by atoms with Crippen LogP contribution in [-0.4, -0.2) is 52.4 Å². The lowest BCUT2D eigenvalue weighted by atomic mass is 9.99. The average Bonchev–Trinajstić information content (AvgIpc) is 3.17. The van der Waals surface area contributed by atoms with E-state index in [-0.39, 0.29) is 50.9 Å². The Balaban J connectivity index is 2.29. The molecule has 0 aliphatic heterocycles. The maximum absolute atomic E-state index is 13.4. The summed E-state index contributed by atoms with van der Waals surface area (Å²) in [6, 6.07) is 5.87. The highest BCUT2D eigenvalue weighted by molar-refractivity contribution is 6.21. The average molecular weight is 416 g/mol. The van der Waals surface area contributed by atoms with Gasteiger partial charge in [-0.1, -0.05) is 0 Å². The van der Waals surface area contributed by atoms with Crippen LogP contribution in [0.3, 0.4) is 0 Å². The first-order chi connectivity index (χ1) is 14.4. The molecule has 0 aliphatic carbocycles. The van der Waals surface area contributed by atoms with Crippen molar-refractivity contribution in [3.05, 3.63) is 41.2 Å². The zero-order chi connectivity index (χ0) is 22.0. The Morgan fingerprint density at radius 2 is 1.47 bits per heavy atom. The lowest BCUT2D eigenvalue weighted by Gasteiger charge is -2.13. The van der Waals surface area contributed by atoms with Crippen molar-refractivity contribution in [2.24, 2.45) is 0 Å². The number of ketones is 1. The summed E-state index contributed by atoms with van der Waals surface area (Å²) < 4.78 is 31.2. The summed E-state index contributed by atoms with van der Waals surface area (Å²) in [4.78, 5) is 25.7. The summed E-state index contributed by atoms with van der Waals surface area (Å²) in [5.41, 5.74) is -0.0118. The van der Waals surface area contributed by atoms with E-state index >= 15 is 0 Å². The monoisotopic (exact) mass is 416 g/mol. The number of phenols is 1. The van der Waals surface area contributed by atoms with Crippen molar-refractivity contribution in [2.75, 3.05) is 35.5 Å². The van der Waals surface area contributed by atoms with Crippen molar-refractivity contribution < 1.29 is 42.8 Å². The van der Waals surface area contributed by atoms with Crippen LogP contribution in [-0.2, 0) is 4.74 Å². The Morgan fingerprint density at radius 1 is 0.867 bits per heavy atom. The molecule has 0 saturated heterocycles. The molecule has 0 aliphatic rings. The third-order valence-corrected chi connectivity index (χ3v) is 4.54. The highest BCUT2D eigenvalue weighted by atomic mass is 16.5. The summed E-state index contributed by atoms with van der Waals surface area (Å²) in [6.45, 7) is 0. The van der Waals surface area contributed by atoms with Crippen LogP contribution in [0.4, 0.5) is 0 Å². The lowest BCUT2D eigenvalue weighted by molar-refractivity contribution is 0.0564. The van der Waals surface area contributed by atoms with Crippen molar-refractivity contribution in [2.45, 2.75) is 0 Å². The van der Waals surface area contributed by atoms with Gasteiger partial charge in [-0.2, -0.15) is 0 Å². The van der Waals surface area contributed by atoms with Crippen molar-refractivity contribution >= 4 is 22.7 Å². The standard InChI is InChI=1S/C21H20O9/c1-25-12-7-6-11-15(20(21(24)29-5)30-18(11)17(12)23)16(22)10-8-13(26-2)19(28-4)14(9-10)27-3/h6-9,23H,1-5H3. The van der Waals surface area contributed by atoms with Gasteiger partial charge in [-0.05, 0) is 24.3 Å². The lowest BCUT2D eigenvalue weighted by Crippen LogP contribution is -2.10. The molecule has 9 heteroatoms. The Bertz CT molecular complexity index is 1100. The number of benzene rings is 2. The fourth-order valence-corrected chi connectivity index (χ4v) is 3.11. The fourth-order valence-electron chi connectivity index (χ4n) is 3.11. The van der Waals surface area contributed by atoms with Crippen molar-refractivity contribution in [1.82, 2.24) is 0 Å². The van der Waals surface area contributed by atoms with Crippen molar-refractivity contribution in [3.63, 3.8) is 0 Å². The minimum atomic E-state index is -0.875. The molecule has 1 aromatic heterocycles. The van der Waals surface area contributed by atoms with Crippen molar-refractivity contribution in [3.8, 4) is 28.7 Å². The van der Waals surface area contributed by atoms with Crippen LogP contribution in [0.2, 0.25) is 0 Å². The van der Waals surface area contributed by atoms with Gasteiger partial charge in [0.25, 0.3) is 0 Å². The number of methoxy groups -OCH3 is 5. The van der Waals surface area contributed by atoms with Crippen LogP contribution >= 0.6 is 0 Å². The summed E-state index contributed by atoms with van der Waals surface area (Å²) in [5, 5.41) is 10.6. The van der Waals surface area contributed by atoms with E-state index in [2.05, 4.69) is 0 Å². The largest absolute Gasteiger partial charge is 0.502 e. The number of carbonyl (C=O) groups excluding carboxylic acids is 2. The Labute approximate surface area is 171 Å². The molecule has 3 aromatic rings. The molecule has 158 valence electrons. The number of esters is 1. The molecule has 1 N–H and O–H groups in total. The van der Waals surface area contributed by atoms with Gasteiger partial charge in [0.15, 0.2) is 28.6 Å². The smallest absolute Gasteiger partial charge is 0.374 e. The van der Waals surface area contributed by atoms with E-state index < -0.39 is 11.8 Å². The second-order valence-corrected chi connectivity index (χ2v) is 6.03. The molecular formula is C21H20O9. The van der Waals surface area contributed by atoms with E-state index in [4.69, 9.17) is 28.1 Å². The second kappa shape index (κ2) is 8.24. The van der Waals surface area contributed by atoms with Gasteiger partial charge in [0, 0.05) is 10.9 Å². The van der Waals surface area contributed by atoms with E-state index in [0.29, 0.717) is 5.75 Å². The zero-order valence-corrected chi connectivity index (χ0v) is 17.0. The third kappa shape index (κ3) is 3.24. The normalized spacial score (nSPS) is 10.6. The number of hydrogen-bond acceptors (Lipinski definition) is 9. The molecule has 0 fully saturated rings. The molecule has 9 nitrogen and oxygen atoms in total. The number of fused-ring (bicyclic) bond motifs is 1. The quantitative estimate of drug-likeness (QED) is 0.458. The molecule has 0 saturated carbocycles. The van der Waals surface area contributed by atoms with Crippen LogP contribution in [0.1, 0.15) is 26.5 Å². The van der Waals surface area contributed by atoms with Gasteiger partial charge in [-0.3, -0.25) is 4.79 Å². The zero-order valence-electron chi connectivity index (χ0n) is 17.0. The number of phenolic OH excluding ortho intramolecular Hbond substituents is 1. The van der Waals surface area contributed by atoms with E-state index in [1.165, 1.54) is 52.7 Å². The van der Waals surface area contributed by atoms with Gasteiger partial charge < -0.3 is 33.2 Å². The van der Waals surface area contributed by atoms with Gasteiger partial charge in [0.1, 0.15) is 0 Å². The van der Waals surface area contributed by atoms with Crippen LogP contribution in [0.15, 0.2) is 28.7 Å². The van der Waals surface area contributed by atoms with Gasteiger partial charge in [0.2, 0.25) is 17.3 Å². The second-order valence-electron chi connectivity index (χ2n) is 6.03. The van der Waals surface area contributed by atoms with Crippen LogP contribution in [0.25, 0.3) is 11.0 Å². The highest BCUT2D eigenvalue weighted by Crippen LogP contribution is 2.42. The summed E-state index contributed by atoms with van der Waals surface area (Å²) >= 11 is 0. The highest BCUT2D eigenvalue weighted by Gasteiger charge is 2.30. The Hall–Kier alpha value is -3.88. The number of furan rings is 1. The summed E-state index contributed by atoms with van der Waals surface area (Å²) in [5.74, 6) is -1.19. The number of carbonyl (C=O) groups is 2. The summed E-state index contributed by atoms with van der Waals surface area (Å²) in [7, 11) is 6.81.